The lowest BCUT2D eigenvalue weighted by Gasteiger charge is -2.21. The molecule has 1 aromatic carbocycles. The van der Waals surface area contributed by atoms with Crippen LogP contribution in [0.2, 0.25) is 0 Å². The zero-order chi connectivity index (χ0) is 17.7. The highest BCUT2D eigenvalue weighted by Gasteiger charge is 2.32. The first-order valence-corrected chi connectivity index (χ1v) is 9.47. The van der Waals surface area contributed by atoms with Crippen LogP contribution in [0.1, 0.15) is 37.1 Å². The number of hydrogen-bond donors (Lipinski definition) is 2. The number of aromatic amines is 1. The maximum Gasteiger partial charge on any atom is 0.307 e. The Balaban J connectivity index is 2.30. The van der Waals surface area contributed by atoms with E-state index in [4.69, 9.17) is 0 Å². The number of aliphatic carboxylic acids is 1. The minimum absolute atomic E-state index is 0.228. The lowest BCUT2D eigenvalue weighted by atomic mass is 9.83. The Hall–Kier alpha value is -2.29. The highest BCUT2D eigenvalue weighted by atomic mass is 32.2. The molecule has 0 unspecified atom stereocenters. The number of benzene rings is 1. The van der Waals surface area contributed by atoms with Gasteiger partial charge in [0.15, 0.2) is 15.7 Å². The number of carboxylic acids is 1. The molecule has 0 saturated carbocycles. The molecular weight excluding hydrogens is 332 g/mol. The Kier molecular flexibility index (Phi) is 5.66. The van der Waals surface area contributed by atoms with Gasteiger partial charge in [0.25, 0.3) is 0 Å². The first-order valence-electron chi connectivity index (χ1n) is 7.58. The molecule has 9 heteroatoms. The van der Waals surface area contributed by atoms with E-state index in [-0.39, 0.29) is 4.90 Å². The summed E-state index contributed by atoms with van der Waals surface area (Å²) >= 11 is 0. The molecule has 24 heavy (non-hydrogen) atoms. The molecule has 2 rings (SSSR count). The Morgan fingerprint density at radius 2 is 1.96 bits per heavy atom. The van der Waals surface area contributed by atoms with Crippen molar-refractivity contribution < 1.29 is 18.3 Å². The number of carbonyl (C=O) groups is 1. The van der Waals surface area contributed by atoms with E-state index in [2.05, 4.69) is 20.6 Å². The van der Waals surface area contributed by atoms with Crippen molar-refractivity contribution in [2.75, 3.05) is 6.26 Å². The standard InChI is InChI=1S/C15H20N4O4S/c1-3-4-12(15(20)21)13(14-16-18-19-17-14)9-10-5-7-11(8-6-10)24(2,22)23/h5-8,12-13H,3-4,9H2,1-2H3,(H,20,21)(H,16,17,18,19)/t12-,13-/m0/s1. The number of tetrazole rings is 1. The van der Waals surface area contributed by atoms with Crippen molar-refractivity contribution in [1.82, 2.24) is 20.6 Å². The van der Waals surface area contributed by atoms with Gasteiger partial charge in [-0.15, -0.1) is 10.2 Å². The second-order valence-electron chi connectivity index (χ2n) is 5.73. The van der Waals surface area contributed by atoms with E-state index in [1.807, 2.05) is 6.92 Å². The van der Waals surface area contributed by atoms with Crippen molar-refractivity contribution in [3.63, 3.8) is 0 Å². The van der Waals surface area contributed by atoms with Crippen molar-refractivity contribution in [3.8, 4) is 0 Å². The third-order valence-electron chi connectivity index (χ3n) is 3.90. The predicted octanol–water partition coefficient (Wildman–Crippen LogP) is 1.43. The lowest BCUT2D eigenvalue weighted by molar-refractivity contribution is -0.142. The van der Waals surface area contributed by atoms with Gasteiger partial charge in [-0.2, -0.15) is 5.21 Å². The van der Waals surface area contributed by atoms with Crippen LogP contribution < -0.4 is 0 Å². The molecule has 130 valence electrons. The molecule has 1 heterocycles. The lowest BCUT2D eigenvalue weighted by Crippen LogP contribution is -2.25. The van der Waals surface area contributed by atoms with E-state index >= 15 is 0 Å². The quantitative estimate of drug-likeness (QED) is 0.736. The van der Waals surface area contributed by atoms with Crippen LogP contribution in [0.15, 0.2) is 29.2 Å². The first-order chi connectivity index (χ1) is 11.3. The summed E-state index contributed by atoms with van der Waals surface area (Å²) in [6.45, 7) is 1.92. The van der Waals surface area contributed by atoms with Crippen molar-refractivity contribution in [3.05, 3.63) is 35.7 Å². The highest BCUT2D eigenvalue weighted by molar-refractivity contribution is 7.90. The van der Waals surface area contributed by atoms with Gasteiger partial charge >= 0.3 is 5.97 Å². The molecule has 2 N–H and O–H groups in total. The third-order valence-corrected chi connectivity index (χ3v) is 5.03. The van der Waals surface area contributed by atoms with Crippen LogP contribution in [0.3, 0.4) is 0 Å². The Labute approximate surface area is 140 Å². The Bertz CT molecular complexity index is 772. The topological polar surface area (TPSA) is 126 Å². The fourth-order valence-corrected chi connectivity index (χ4v) is 3.31. The number of carboxylic acid groups (broad SMARTS) is 1. The van der Waals surface area contributed by atoms with Gasteiger partial charge in [-0.3, -0.25) is 4.79 Å². The smallest absolute Gasteiger partial charge is 0.307 e. The molecule has 2 atom stereocenters. The molecule has 0 aliphatic heterocycles. The first kappa shape index (κ1) is 18.1. The largest absolute Gasteiger partial charge is 0.481 e. The Morgan fingerprint density at radius 3 is 2.42 bits per heavy atom. The number of H-pyrrole nitrogens is 1. The summed E-state index contributed by atoms with van der Waals surface area (Å²) < 4.78 is 23.1. The maximum atomic E-state index is 11.6. The molecule has 0 aliphatic rings. The fourth-order valence-electron chi connectivity index (χ4n) is 2.67. The minimum Gasteiger partial charge on any atom is -0.481 e. The van der Waals surface area contributed by atoms with Gasteiger partial charge in [0.05, 0.1) is 10.8 Å². The van der Waals surface area contributed by atoms with Gasteiger partial charge in [0.1, 0.15) is 0 Å². The summed E-state index contributed by atoms with van der Waals surface area (Å²) in [5.41, 5.74) is 0.819. The van der Waals surface area contributed by atoms with E-state index in [1.165, 1.54) is 12.1 Å². The van der Waals surface area contributed by atoms with Crippen LogP contribution in [0, 0.1) is 5.92 Å². The summed E-state index contributed by atoms with van der Waals surface area (Å²) in [5.74, 6) is -1.63. The van der Waals surface area contributed by atoms with E-state index in [0.717, 1.165) is 18.2 Å². The van der Waals surface area contributed by atoms with Crippen molar-refractivity contribution in [1.29, 1.82) is 0 Å². The minimum atomic E-state index is -3.26. The average molecular weight is 352 g/mol. The van der Waals surface area contributed by atoms with Gasteiger partial charge in [-0.25, -0.2) is 8.42 Å². The van der Waals surface area contributed by atoms with Gasteiger partial charge < -0.3 is 5.11 Å². The summed E-state index contributed by atoms with van der Waals surface area (Å²) in [6, 6.07) is 6.42. The monoisotopic (exact) mass is 352 g/mol. The van der Waals surface area contributed by atoms with Gasteiger partial charge in [-0.05, 0) is 30.5 Å². The molecule has 0 spiro atoms. The summed E-state index contributed by atoms with van der Waals surface area (Å²) in [4.78, 5) is 11.9. The van der Waals surface area contributed by atoms with Gasteiger partial charge in [-0.1, -0.05) is 30.7 Å². The normalized spacial score (nSPS) is 14.2. The molecule has 2 aromatic rings. The molecule has 8 nitrogen and oxygen atoms in total. The third kappa shape index (κ3) is 4.38. The van der Waals surface area contributed by atoms with Crippen molar-refractivity contribution >= 4 is 15.8 Å². The number of rotatable bonds is 8. The second kappa shape index (κ2) is 7.52. The van der Waals surface area contributed by atoms with E-state index in [9.17, 15) is 18.3 Å². The SMILES string of the molecule is CCC[C@H](C(=O)O)[C@H](Cc1ccc(S(C)(=O)=O)cc1)c1nn[nH]n1. The number of aromatic nitrogens is 4. The highest BCUT2D eigenvalue weighted by Crippen LogP contribution is 2.30. The number of nitrogens with zero attached hydrogens (tertiary/aromatic N) is 3. The van der Waals surface area contributed by atoms with Crippen LogP contribution >= 0.6 is 0 Å². The molecule has 1 aromatic heterocycles. The second-order valence-corrected chi connectivity index (χ2v) is 7.75. The number of sulfone groups is 1. The van der Waals surface area contributed by atoms with Crippen LogP contribution in [0.25, 0.3) is 0 Å². The van der Waals surface area contributed by atoms with E-state index in [1.54, 1.807) is 12.1 Å². The summed E-state index contributed by atoms with van der Waals surface area (Å²) in [6.07, 6.45) is 2.75. The maximum absolute atomic E-state index is 11.6. The predicted molar refractivity (Wildman–Crippen MR) is 86.2 cm³/mol. The molecule has 0 fully saturated rings. The van der Waals surface area contributed by atoms with Crippen molar-refractivity contribution in [2.45, 2.75) is 37.0 Å². The van der Waals surface area contributed by atoms with E-state index < -0.39 is 27.6 Å². The van der Waals surface area contributed by atoms with Crippen LogP contribution in [0.4, 0.5) is 0 Å². The fraction of sp³-hybridized carbons (Fsp3) is 0.467. The molecule has 0 saturated heterocycles. The molecular formula is C15H20N4O4S. The number of nitrogens with one attached hydrogen (secondary N) is 1. The van der Waals surface area contributed by atoms with Crippen molar-refractivity contribution in [2.24, 2.45) is 5.92 Å². The zero-order valence-corrected chi connectivity index (χ0v) is 14.3. The van der Waals surface area contributed by atoms with Crippen LogP contribution in [-0.2, 0) is 21.1 Å². The Morgan fingerprint density at radius 1 is 1.29 bits per heavy atom. The average Bonchev–Trinajstić information content (AvgIpc) is 3.04. The van der Waals surface area contributed by atoms with E-state index in [0.29, 0.717) is 18.7 Å². The summed E-state index contributed by atoms with van der Waals surface area (Å²) in [7, 11) is -3.26. The van der Waals surface area contributed by atoms with Crippen LogP contribution in [0.5, 0.6) is 0 Å². The van der Waals surface area contributed by atoms with Gasteiger partial charge in [0.2, 0.25) is 0 Å². The molecule has 0 amide bonds. The van der Waals surface area contributed by atoms with Crippen LogP contribution in [-0.4, -0.2) is 46.4 Å². The molecule has 0 aliphatic carbocycles. The summed E-state index contributed by atoms with van der Waals surface area (Å²) in [5, 5.41) is 23.3. The molecule has 0 radical (unpaired) electrons. The molecule has 0 bridgehead atoms. The number of hydrogen-bond acceptors (Lipinski definition) is 6. The zero-order valence-electron chi connectivity index (χ0n) is 13.5. The van der Waals surface area contributed by atoms with Gasteiger partial charge in [0, 0.05) is 12.2 Å².